The maximum atomic E-state index is 12.3. The van der Waals surface area contributed by atoms with Crippen molar-refractivity contribution in [1.29, 1.82) is 0 Å². The predicted molar refractivity (Wildman–Crippen MR) is 78.9 cm³/mol. The van der Waals surface area contributed by atoms with E-state index in [-0.39, 0.29) is 9.63 Å². The van der Waals surface area contributed by atoms with Crippen LogP contribution in [-0.2, 0) is 17.1 Å². The summed E-state index contributed by atoms with van der Waals surface area (Å²) in [5.41, 5.74) is 0.771. The lowest BCUT2D eigenvalue weighted by atomic mass is 10.1. The largest absolute Gasteiger partial charge is 0.261 e. The number of sulfonamides is 1. The Balaban J connectivity index is 2.29. The molecule has 1 aromatic heterocycles. The van der Waals surface area contributed by atoms with Gasteiger partial charge >= 0.3 is 0 Å². The molecule has 2 aromatic rings. The van der Waals surface area contributed by atoms with Crippen LogP contribution in [0.3, 0.4) is 0 Å². The summed E-state index contributed by atoms with van der Waals surface area (Å²) in [6, 6.07) is 6.58. The molecule has 0 spiro atoms. The molecule has 9 heteroatoms. The molecule has 0 amide bonds. The van der Waals surface area contributed by atoms with Crippen molar-refractivity contribution >= 4 is 37.6 Å². The first-order valence-corrected chi connectivity index (χ1v) is 8.29. The minimum atomic E-state index is -3.74. The first-order chi connectivity index (χ1) is 9.31. The fourth-order valence-corrected chi connectivity index (χ4v) is 4.27. The number of benzene rings is 1. The third-order valence-corrected chi connectivity index (χ3v) is 5.33. The zero-order valence-electron chi connectivity index (χ0n) is 10.7. The van der Waals surface area contributed by atoms with Crippen LogP contribution < -0.4 is 4.72 Å². The lowest BCUT2D eigenvalue weighted by Crippen LogP contribution is -2.28. The maximum absolute atomic E-state index is 12.3. The zero-order chi connectivity index (χ0) is 14.9. The SMILES string of the molecule is CC(NS(=O)(=O)c1c(Br)nnn1C)c1cccc(Cl)c1. The molecule has 6 nitrogen and oxygen atoms in total. The molecule has 1 unspecified atom stereocenters. The van der Waals surface area contributed by atoms with Crippen LogP contribution >= 0.6 is 27.5 Å². The van der Waals surface area contributed by atoms with Gasteiger partial charge in [-0.25, -0.2) is 17.8 Å². The van der Waals surface area contributed by atoms with Gasteiger partial charge in [0, 0.05) is 18.1 Å². The number of aromatic nitrogens is 3. The van der Waals surface area contributed by atoms with Crippen LogP contribution in [0.1, 0.15) is 18.5 Å². The van der Waals surface area contributed by atoms with Crippen LogP contribution in [0.2, 0.25) is 5.02 Å². The molecule has 2 rings (SSSR count). The summed E-state index contributed by atoms with van der Waals surface area (Å²) in [6.07, 6.45) is 0. The van der Waals surface area contributed by atoms with Crippen LogP contribution in [0.4, 0.5) is 0 Å². The Morgan fingerprint density at radius 2 is 2.15 bits per heavy atom. The van der Waals surface area contributed by atoms with Crippen molar-refractivity contribution in [2.24, 2.45) is 7.05 Å². The monoisotopic (exact) mass is 378 g/mol. The maximum Gasteiger partial charge on any atom is 0.261 e. The highest BCUT2D eigenvalue weighted by molar-refractivity contribution is 9.10. The number of nitrogens with one attached hydrogen (secondary N) is 1. The molecule has 0 aliphatic carbocycles. The summed E-state index contributed by atoms with van der Waals surface area (Å²) in [7, 11) is -2.23. The number of hydrogen-bond donors (Lipinski definition) is 1. The Hall–Kier alpha value is -0.960. The van der Waals surface area contributed by atoms with Crippen molar-refractivity contribution in [1.82, 2.24) is 19.7 Å². The fraction of sp³-hybridized carbons (Fsp3) is 0.273. The average molecular weight is 380 g/mol. The van der Waals surface area contributed by atoms with Gasteiger partial charge in [-0.2, -0.15) is 0 Å². The third-order valence-electron chi connectivity index (χ3n) is 2.67. The van der Waals surface area contributed by atoms with Gasteiger partial charge in [0.25, 0.3) is 10.0 Å². The van der Waals surface area contributed by atoms with Gasteiger partial charge in [-0.15, -0.1) is 5.10 Å². The van der Waals surface area contributed by atoms with E-state index in [1.807, 2.05) is 0 Å². The molecule has 0 radical (unpaired) electrons. The van der Waals surface area contributed by atoms with E-state index in [2.05, 4.69) is 31.0 Å². The second kappa shape index (κ2) is 5.80. The first-order valence-electron chi connectivity index (χ1n) is 5.64. The van der Waals surface area contributed by atoms with E-state index < -0.39 is 16.1 Å². The van der Waals surface area contributed by atoms with Crippen LogP contribution in [0.25, 0.3) is 0 Å². The number of hydrogen-bond acceptors (Lipinski definition) is 4. The molecule has 0 bridgehead atoms. The summed E-state index contributed by atoms with van der Waals surface area (Å²) in [4.78, 5) is 0. The Morgan fingerprint density at radius 3 is 2.70 bits per heavy atom. The smallest absolute Gasteiger partial charge is 0.235 e. The molecular weight excluding hydrogens is 368 g/mol. The van der Waals surface area contributed by atoms with Crippen LogP contribution in [0.15, 0.2) is 33.9 Å². The highest BCUT2D eigenvalue weighted by Gasteiger charge is 2.26. The van der Waals surface area contributed by atoms with E-state index in [1.54, 1.807) is 31.2 Å². The summed E-state index contributed by atoms with van der Waals surface area (Å²) >= 11 is 8.98. The highest BCUT2D eigenvalue weighted by Crippen LogP contribution is 2.22. The van der Waals surface area contributed by atoms with E-state index in [9.17, 15) is 8.42 Å². The van der Waals surface area contributed by atoms with Crippen molar-refractivity contribution in [2.75, 3.05) is 0 Å². The molecule has 0 aliphatic heterocycles. The van der Waals surface area contributed by atoms with Gasteiger partial charge < -0.3 is 0 Å². The molecule has 0 saturated carbocycles. The molecular formula is C11H12BrClN4O2S. The second-order valence-electron chi connectivity index (χ2n) is 4.21. The number of halogens is 2. The van der Waals surface area contributed by atoms with Gasteiger partial charge in [0.2, 0.25) is 5.03 Å². The zero-order valence-corrected chi connectivity index (χ0v) is 13.9. The first kappa shape index (κ1) is 15.4. The average Bonchev–Trinajstić information content (AvgIpc) is 2.69. The van der Waals surface area contributed by atoms with Gasteiger partial charge in [-0.1, -0.05) is 28.9 Å². The Labute approximate surface area is 130 Å². The van der Waals surface area contributed by atoms with Crippen molar-refractivity contribution in [2.45, 2.75) is 18.0 Å². The minimum Gasteiger partial charge on any atom is -0.235 e. The normalized spacial score (nSPS) is 13.4. The van der Waals surface area contributed by atoms with E-state index in [0.29, 0.717) is 5.02 Å². The molecule has 0 saturated heterocycles. The van der Waals surface area contributed by atoms with Crippen molar-refractivity contribution < 1.29 is 8.42 Å². The number of nitrogens with zero attached hydrogens (tertiary/aromatic N) is 3. The predicted octanol–water partition coefficient (Wildman–Crippen LogP) is 2.27. The molecule has 0 aliphatic rings. The molecule has 1 N–H and O–H groups in total. The van der Waals surface area contributed by atoms with Crippen LogP contribution in [-0.4, -0.2) is 23.4 Å². The quantitative estimate of drug-likeness (QED) is 0.884. The molecule has 0 fully saturated rings. The Bertz CT molecular complexity index is 712. The molecule has 1 aromatic carbocycles. The number of rotatable bonds is 4. The third kappa shape index (κ3) is 3.20. The van der Waals surface area contributed by atoms with E-state index in [4.69, 9.17) is 11.6 Å². The van der Waals surface area contributed by atoms with Crippen molar-refractivity contribution in [3.63, 3.8) is 0 Å². The minimum absolute atomic E-state index is 0.0219. The highest BCUT2D eigenvalue weighted by atomic mass is 79.9. The van der Waals surface area contributed by atoms with Crippen molar-refractivity contribution in [3.8, 4) is 0 Å². The molecule has 20 heavy (non-hydrogen) atoms. The Morgan fingerprint density at radius 1 is 1.45 bits per heavy atom. The van der Waals surface area contributed by atoms with Gasteiger partial charge in [0.15, 0.2) is 4.60 Å². The van der Waals surface area contributed by atoms with Crippen LogP contribution in [0, 0.1) is 0 Å². The Kier molecular flexibility index (Phi) is 4.48. The van der Waals surface area contributed by atoms with Crippen LogP contribution in [0.5, 0.6) is 0 Å². The summed E-state index contributed by atoms with van der Waals surface area (Å²) in [5, 5.41) is 7.85. The summed E-state index contributed by atoms with van der Waals surface area (Å²) in [5.74, 6) is 0. The van der Waals surface area contributed by atoms with Gasteiger partial charge in [0.05, 0.1) is 0 Å². The molecule has 1 heterocycles. The lowest BCUT2D eigenvalue weighted by molar-refractivity contribution is 0.548. The topological polar surface area (TPSA) is 76.9 Å². The molecule has 1 atom stereocenters. The fourth-order valence-electron chi connectivity index (χ4n) is 1.74. The van der Waals surface area contributed by atoms with E-state index in [0.717, 1.165) is 5.56 Å². The van der Waals surface area contributed by atoms with E-state index in [1.165, 1.54) is 11.7 Å². The summed E-state index contributed by atoms with van der Waals surface area (Å²) in [6.45, 7) is 1.74. The second-order valence-corrected chi connectivity index (χ2v) is 7.02. The van der Waals surface area contributed by atoms with Crippen molar-refractivity contribution in [3.05, 3.63) is 39.5 Å². The van der Waals surface area contributed by atoms with Gasteiger partial charge in [-0.05, 0) is 40.5 Å². The van der Waals surface area contributed by atoms with Gasteiger partial charge in [0.1, 0.15) is 0 Å². The standard InChI is InChI=1S/C11H12BrClN4O2S/c1-7(8-4-3-5-9(13)6-8)15-20(18,19)11-10(12)14-16-17(11)2/h3-7,15H,1-2H3. The number of aryl methyl sites for hydroxylation is 1. The summed E-state index contributed by atoms with van der Waals surface area (Å²) < 4.78 is 28.6. The molecule has 108 valence electrons. The lowest BCUT2D eigenvalue weighted by Gasteiger charge is -2.14. The van der Waals surface area contributed by atoms with Gasteiger partial charge in [-0.3, -0.25) is 0 Å². The van der Waals surface area contributed by atoms with E-state index >= 15 is 0 Å².